The molecule has 0 aliphatic heterocycles. The number of rotatable bonds is 8. The molecule has 1 aromatic heterocycles. The molecule has 0 amide bonds. The van der Waals surface area contributed by atoms with Crippen LogP contribution in [0.1, 0.15) is 37.8 Å². The van der Waals surface area contributed by atoms with E-state index in [1.54, 1.807) is 6.33 Å². The van der Waals surface area contributed by atoms with Crippen LogP contribution in [0.3, 0.4) is 0 Å². The molecule has 0 saturated heterocycles. The molecule has 0 bridgehead atoms. The van der Waals surface area contributed by atoms with Crippen LogP contribution in [0.4, 0.5) is 13.2 Å². The molecule has 0 aliphatic rings. The molecule has 0 saturated carbocycles. The summed E-state index contributed by atoms with van der Waals surface area (Å²) in [6.07, 6.45) is -0.816. The summed E-state index contributed by atoms with van der Waals surface area (Å²) in [4.78, 5) is 6.65. The molecular weight excluding hydrogens is 363 g/mol. The van der Waals surface area contributed by atoms with Crippen molar-refractivity contribution in [2.24, 2.45) is 0 Å². The zero-order chi connectivity index (χ0) is 20.1. The number of aryl methyl sites for hydroxylation is 1. The van der Waals surface area contributed by atoms with Gasteiger partial charge in [0.15, 0.2) is 0 Å². The Morgan fingerprint density at radius 1 is 0.964 bits per heavy atom. The van der Waals surface area contributed by atoms with Gasteiger partial charge in [0.2, 0.25) is 0 Å². The standard InChI is InChI=1S/C22H26F3N3/c1-3-27(4-2)15-9-8-12-18-19(22(23,24)25)13-14-20-21(18)26-16-28(20)17-10-6-5-7-11-17/h5-7,10-11,13-14,16H,3-4,8-9,12,15H2,1-2H3. The van der Waals surface area contributed by atoms with Crippen LogP contribution in [0.25, 0.3) is 16.7 Å². The third-order valence-corrected chi connectivity index (χ3v) is 5.21. The maximum atomic E-state index is 13.6. The molecule has 1 heterocycles. The number of halogens is 3. The number of imidazole rings is 1. The van der Waals surface area contributed by atoms with E-state index in [-0.39, 0.29) is 0 Å². The van der Waals surface area contributed by atoms with Crippen LogP contribution in [-0.4, -0.2) is 34.1 Å². The maximum Gasteiger partial charge on any atom is 0.416 e. The van der Waals surface area contributed by atoms with Crippen molar-refractivity contribution in [1.29, 1.82) is 0 Å². The van der Waals surface area contributed by atoms with Gasteiger partial charge in [0.1, 0.15) is 6.33 Å². The minimum absolute atomic E-state index is 0.305. The van der Waals surface area contributed by atoms with Gasteiger partial charge in [0.25, 0.3) is 0 Å². The number of nitrogens with zero attached hydrogens (tertiary/aromatic N) is 3. The Bertz CT molecular complexity index is 897. The predicted octanol–water partition coefficient (Wildman–Crippen LogP) is 5.71. The molecule has 0 unspecified atom stereocenters. The lowest BCUT2D eigenvalue weighted by atomic mass is 9.99. The van der Waals surface area contributed by atoms with Crippen LogP contribution in [-0.2, 0) is 12.6 Å². The minimum Gasteiger partial charge on any atom is -0.304 e. The maximum absolute atomic E-state index is 13.6. The van der Waals surface area contributed by atoms with Gasteiger partial charge in [-0.25, -0.2) is 4.98 Å². The van der Waals surface area contributed by atoms with E-state index in [0.29, 0.717) is 29.4 Å². The van der Waals surface area contributed by atoms with Gasteiger partial charge in [0, 0.05) is 5.69 Å². The Hall–Kier alpha value is -2.34. The van der Waals surface area contributed by atoms with Gasteiger partial charge in [0.05, 0.1) is 16.6 Å². The second-order valence-corrected chi connectivity index (χ2v) is 6.89. The Morgan fingerprint density at radius 3 is 2.32 bits per heavy atom. The van der Waals surface area contributed by atoms with Crippen LogP contribution < -0.4 is 0 Å². The first-order valence-corrected chi connectivity index (χ1v) is 9.79. The molecule has 0 N–H and O–H groups in total. The normalized spacial score (nSPS) is 12.2. The van der Waals surface area contributed by atoms with Crippen molar-refractivity contribution < 1.29 is 13.2 Å². The average Bonchev–Trinajstić information content (AvgIpc) is 3.12. The van der Waals surface area contributed by atoms with E-state index in [1.165, 1.54) is 12.1 Å². The fraction of sp³-hybridized carbons (Fsp3) is 0.409. The second kappa shape index (κ2) is 8.78. The highest BCUT2D eigenvalue weighted by Crippen LogP contribution is 2.36. The Balaban J connectivity index is 1.92. The minimum atomic E-state index is -4.38. The number of unbranched alkanes of at least 4 members (excludes halogenated alkanes) is 1. The highest BCUT2D eigenvalue weighted by Gasteiger charge is 2.34. The van der Waals surface area contributed by atoms with E-state index in [2.05, 4.69) is 23.7 Å². The molecule has 150 valence electrons. The molecule has 0 fully saturated rings. The largest absolute Gasteiger partial charge is 0.416 e. The number of benzene rings is 2. The van der Waals surface area contributed by atoms with E-state index in [4.69, 9.17) is 0 Å². The van der Waals surface area contributed by atoms with Crippen molar-refractivity contribution in [3.63, 3.8) is 0 Å². The third-order valence-electron chi connectivity index (χ3n) is 5.21. The first kappa shape index (κ1) is 20.4. The van der Waals surface area contributed by atoms with Crippen molar-refractivity contribution in [2.75, 3.05) is 19.6 Å². The van der Waals surface area contributed by atoms with E-state index in [9.17, 15) is 13.2 Å². The summed E-state index contributed by atoms with van der Waals surface area (Å²) in [5, 5.41) is 0. The fourth-order valence-electron chi connectivity index (χ4n) is 3.63. The number of aromatic nitrogens is 2. The molecule has 3 rings (SSSR count). The van der Waals surface area contributed by atoms with Crippen LogP contribution >= 0.6 is 0 Å². The molecule has 6 heteroatoms. The lowest BCUT2D eigenvalue weighted by molar-refractivity contribution is -0.138. The zero-order valence-electron chi connectivity index (χ0n) is 16.3. The Kier molecular flexibility index (Phi) is 6.39. The monoisotopic (exact) mass is 389 g/mol. The molecule has 0 aliphatic carbocycles. The van der Waals surface area contributed by atoms with Gasteiger partial charge >= 0.3 is 6.18 Å². The highest BCUT2D eigenvalue weighted by molar-refractivity contribution is 5.82. The van der Waals surface area contributed by atoms with Gasteiger partial charge in [-0.05, 0) is 68.7 Å². The number of para-hydroxylation sites is 1. The first-order valence-electron chi connectivity index (χ1n) is 9.79. The summed E-state index contributed by atoms with van der Waals surface area (Å²) in [6, 6.07) is 12.3. The second-order valence-electron chi connectivity index (χ2n) is 6.89. The molecule has 28 heavy (non-hydrogen) atoms. The van der Waals surface area contributed by atoms with Gasteiger partial charge in [-0.1, -0.05) is 32.0 Å². The van der Waals surface area contributed by atoms with Crippen molar-refractivity contribution in [2.45, 2.75) is 39.3 Å². The molecule has 3 aromatic rings. The summed E-state index contributed by atoms with van der Waals surface area (Å²) in [7, 11) is 0. The van der Waals surface area contributed by atoms with Gasteiger partial charge in [-0.15, -0.1) is 0 Å². The summed E-state index contributed by atoms with van der Waals surface area (Å²) in [5.41, 5.74) is 1.78. The van der Waals surface area contributed by atoms with Gasteiger partial charge in [-0.2, -0.15) is 13.2 Å². The lowest BCUT2D eigenvalue weighted by Gasteiger charge is -2.18. The van der Waals surface area contributed by atoms with Gasteiger partial charge in [-0.3, -0.25) is 4.57 Å². The number of alkyl halides is 3. The smallest absolute Gasteiger partial charge is 0.304 e. The predicted molar refractivity (Wildman–Crippen MR) is 107 cm³/mol. The topological polar surface area (TPSA) is 21.1 Å². The third kappa shape index (κ3) is 4.38. The Morgan fingerprint density at radius 2 is 1.68 bits per heavy atom. The van der Waals surface area contributed by atoms with Crippen molar-refractivity contribution >= 4 is 11.0 Å². The summed E-state index contributed by atoms with van der Waals surface area (Å²) >= 11 is 0. The highest BCUT2D eigenvalue weighted by atomic mass is 19.4. The van der Waals surface area contributed by atoms with E-state index < -0.39 is 11.7 Å². The fourth-order valence-corrected chi connectivity index (χ4v) is 3.63. The van der Waals surface area contributed by atoms with Crippen LogP contribution in [0.2, 0.25) is 0 Å². The van der Waals surface area contributed by atoms with Crippen LogP contribution in [0.5, 0.6) is 0 Å². The molecular formula is C22H26F3N3. The van der Waals surface area contributed by atoms with Crippen molar-refractivity contribution in [3.05, 3.63) is 59.9 Å². The number of hydrogen-bond acceptors (Lipinski definition) is 2. The SMILES string of the molecule is CCN(CC)CCCCc1c(C(F)(F)F)ccc2c1ncn2-c1ccccc1. The molecule has 0 atom stereocenters. The molecule has 3 nitrogen and oxygen atoms in total. The average molecular weight is 389 g/mol. The Labute approximate surface area is 163 Å². The zero-order valence-corrected chi connectivity index (χ0v) is 16.3. The lowest BCUT2D eigenvalue weighted by Crippen LogP contribution is -2.24. The van der Waals surface area contributed by atoms with E-state index in [0.717, 1.165) is 31.7 Å². The molecule has 0 radical (unpaired) electrons. The van der Waals surface area contributed by atoms with Crippen LogP contribution in [0.15, 0.2) is 48.8 Å². The first-order chi connectivity index (χ1) is 13.5. The van der Waals surface area contributed by atoms with Crippen LogP contribution in [0, 0.1) is 0 Å². The number of fused-ring (bicyclic) bond motifs is 1. The van der Waals surface area contributed by atoms with E-state index in [1.807, 2.05) is 34.9 Å². The summed E-state index contributed by atoms with van der Waals surface area (Å²) in [5.74, 6) is 0. The number of hydrogen-bond donors (Lipinski definition) is 0. The quantitative estimate of drug-likeness (QED) is 0.460. The van der Waals surface area contributed by atoms with Gasteiger partial charge < -0.3 is 4.90 Å². The van der Waals surface area contributed by atoms with Crippen molar-refractivity contribution in [3.8, 4) is 5.69 Å². The summed E-state index contributed by atoms with van der Waals surface area (Å²) in [6.45, 7) is 7.02. The molecule has 2 aromatic carbocycles. The van der Waals surface area contributed by atoms with E-state index >= 15 is 0 Å². The molecule has 0 spiro atoms. The summed E-state index contributed by atoms with van der Waals surface area (Å²) < 4.78 is 42.7. The van der Waals surface area contributed by atoms with Crippen molar-refractivity contribution in [1.82, 2.24) is 14.5 Å².